The lowest BCUT2D eigenvalue weighted by atomic mass is 9.90. The van der Waals surface area contributed by atoms with E-state index in [0.717, 1.165) is 19.4 Å². The first-order valence-electron chi connectivity index (χ1n) is 7.52. The summed E-state index contributed by atoms with van der Waals surface area (Å²) in [6, 6.07) is 0.735. The summed E-state index contributed by atoms with van der Waals surface area (Å²) in [5.41, 5.74) is -1.27. The topological polar surface area (TPSA) is 73.3 Å². The second kappa shape index (κ2) is 5.72. The van der Waals surface area contributed by atoms with E-state index in [1.54, 1.807) is 0 Å². The first kappa shape index (κ1) is 17.2. The fourth-order valence-corrected chi connectivity index (χ4v) is 6.08. The van der Waals surface area contributed by atoms with Crippen molar-refractivity contribution in [3.05, 3.63) is 23.4 Å². The van der Waals surface area contributed by atoms with E-state index in [4.69, 9.17) is 0 Å². The number of nitrogens with zero attached hydrogens (tertiary/aromatic N) is 1. The maximum absolute atomic E-state index is 13.0. The molecule has 0 N–H and O–H groups in total. The molecule has 2 unspecified atom stereocenters. The van der Waals surface area contributed by atoms with Crippen LogP contribution in [0.3, 0.4) is 0 Å². The number of sulfone groups is 1. The largest absolute Gasteiger partial charge is 0.481 e. The molecule has 0 spiro atoms. The van der Waals surface area contributed by atoms with Gasteiger partial charge in [0.1, 0.15) is 5.56 Å². The zero-order valence-corrected chi connectivity index (χ0v) is 13.7. The molecule has 2 bridgehead atoms. The fourth-order valence-electron chi connectivity index (χ4n) is 3.61. The number of halogens is 3. The highest BCUT2D eigenvalue weighted by molar-refractivity contribution is 7.93. The quantitative estimate of drug-likeness (QED) is 0.772. The summed E-state index contributed by atoms with van der Waals surface area (Å²) < 4.78 is 67.9. The van der Waals surface area contributed by atoms with Crippen molar-refractivity contribution in [2.75, 3.05) is 7.11 Å². The third kappa shape index (κ3) is 2.78. The molecule has 0 radical (unpaired) electrons. The average Bonchev–Trinajstić information content (AvgIpc) is 2.70. The smallest absolute Gasteiger partial charge is 0.421 e. The summed E-state index contributed by atoms with van der Waals surface area (Å²) in [7, 11) is -2.12. The number of aromatic nitrogens is 1. The molecule has 2 saturated heterocycles. The number of ketones is 1. The number of fused-ring (bicyclic) bond motifs is 2. The van der Waals surface area contributed by atoms with Crippen LogP contribution in [0, 0.1) is 5.92 Å². The third-order valence-corrected chi connectivity index (χ3v) is 7.55. The van der Waals surface area contributed by atoms with Gasteiger partial charge in [-0.3, -0.25) is 4.79 Å². The molecule has 5 nitrogen and oxygen atoms in total. The monoisotopic (exact) mass is 363 g/mol. The number of carbonyl (C=O) groups is 1. The summed E-state index contributed by atoms with van der Waals surface area (Å²) in [4.78, 5) is 16.1. The first-order valence-corrected chi connectivity index (χ1v) is 9.13. The molecular weight excluding hydrogens is 347 g/mol. The van der Waals surface area contributed by atoms with E-state index in [-0.39, 0.29) is 18.4 Å². The van der Waals surface area contributed by atoms with Gasteiger partial charge in [-0.1, -0.05) is 0 Å². The predicted molar refractivity (Wildman–Crippen MR) is 78.6 cm³/mol. The average molecular weight is 363 g/mol. The molecular formula is C15H16F3NO4S. The Labute approximate surface area is 137 Å². The first-order chi connectivity index (χ1) is 11.1. The Kier molecular flexibility index (Phi) is 4.09. The van der Waals surface area contributed by atoms with Crippen molar-refractivity contribution < 1.29 is 31.1 Å². The molecule has 2 atom stereocenters. The number of alkyl halides is 3. The van der Waals surface area contributed by atoms with Crippen LogP contribution in [-0.2, 0) is 16.0 Å². The number of rotatable bonds is 3. The lowest BCUT2D eigenvalue weighted by molar-refractivity contribution is -0.139. The lowest BCUT2D eigenvalue weighted by Crippen LogP contribution is -2.36. The summed E-state index contributed by atoms with van der Waals surface area (Å²) in [5.74, 6) is -1.66. The van der Waals surface area contributed by atoms with Crippen molar-refractivity contribution in [3.8, 4) is 5.88 Å². The number of carbonyl (C=O) groups excluding carboxylic acids is 1. The number of Topliss-reactive ketones (excluding diaryl/α,β-unsaturated/α-hetero) is 1. The molecule has 1 aromatic heterocycles. The van der Waals surface area contributed by atoms with Gasteiger partial charge in [0.25, 0.3) is 0 Å². The van der Waals surface area contributed by atoms with Crippen molar-refractivity contribution >= 4 is 15.6 Å². The second-order valence-electron chi connectivity index (χ2n) is 6.22. The van der Waals surface area contributed by atoms with Gasteiger partial charge in [0.2, 0.25) is 5.88 Å². The van der Waals surface area contributed by atoms with E-state index >= 15 is 0 Å². The molecule has 2 aliphatic heterocycles. The van der Waals surface area contributed by atoms with E-state index in [0.29, 0.717) is 12.8 Å². The molecule has 9 heteroatoms. The van der Waals surface area contributed by atoms with Crippen LogP contribution in [0.2, 0.25) is 0 Å². The van der Waals surface area contributed by atoms with Crippen LogP contribution >= 0.6 is 0 Å². The zero-order chi connectivity index (χ0) is 17.7. The highest BCUT2D eigenvalue weighted by Crippen LogP contribution is 2.42. The Morgan fingerprint density at radius 3 is 2.33 bits per heavy atom. The maximum atomic E-state index is 13.0. The molecule has 1 aromatic rings. The van der Waals surface area contributed by atoms with E-state index < -0.39 is 49.7 Å². The van der Waals surface area contributed by atoms with Gasteiger partial charge in [-0.15, -0.1) is 0 Å². The molecule has 132 valence electrons. The second-order valence-corrected chi connectivity index (χ2v) is 8.73. The van der Waals surface area contributed by atoms with Crippen LogP contribution in [0.25, 0.3) is 0 Å². The van der Waals surface area contributed by atoms with Crippen LogP contribution in [0.5, 0.6) is 5.88 Å². The van der Waals surface area contributed by atoms with Crippen LogP contribution in [0.15, 0.2) is 12.3 Å². The minimum atomic E-state index is -4.69. The molecule has 24 heavy (non-hydrogen) atoms. The number of methoxy groups -OCH3 is 1. The van der Waals surface area contributed by atoms with Gasteiger partial charge in [0.05, 0.1) is 17.6 Å². The van der Waals surface area contributed by atoms with Crippen LogP contribution in [-0.4, -0.2) is 36.8 Å². The molecule has 2 fully saturated rings. The number of hydrogen-bond acceptors (Lipinski definition) is 5. The van der Waals surface area contributed by atoms with Crippen LogP contribution < -0.4 is 4.74 Å². The van der Waals surface area contributed by atoms with Crippen molar-refractivity contribution in [3.63, 3.8) is 0 Å². The number of pyridine rings is 1. The van der Waals surface area contributed by atoms with E-state index in [2.05, 4.69) is 9.72 Å². The van der Waals surface area contributed by atoms with Crippen LogP contribution in [0.4, 0.5) is 13.2 Å². The highest BCUT2D eigenvalue weighted by Gasteiger charge is 2.48. The van der Waals surface area contributed by atoms with Gasteiger partial charge >= 0.3 is 6.18 Å². The molecule has 3 heterocycles. The standard InChI is InChI=1S/C15H16F3NO4S/c1-23-14-12(15(16,17)18)6-9(7-19-14)13(20)8-4-10-2-3-11(5-8)24(10,21)22/h6-8,10-11H,2-5H2,1H3. The van der Waals surface area contributed by atoms with Gasteiger partial charge in [0.15, 0.2) is 15.6 Å². The minimum Gasteiger partial charge on any atom is -0.481 e. The van der Waals surface area contributed by atoms with Crippen molar-refractivity contribution in [1.29, 1.82) is 0 Å². The van der Waals surface area contributed by atoms with Crippen LogP contribution in [0.1, 0.15) is 41.6 Å². The Balaban J connectivity index is 1.89. The SMILES string of the molecule is COc1ncc(C(=O)C2CC3CCC(C2)S3(=O)=O)cc1C(F)(F)F. The molecule has 0 saturated carbocycles. The van der Waals surface area contributed by atoms with E-state index in [1.165, 1.54) is 0 Å². The minimum absolute atomic E-state index is 0.160. The number of hydrogen-bond donors (Lipinski definition) is 0. The van der Waals surface area contributed by atoms with Gasteiger partial charge in [0, 0.05) is 17.7 Å². The summed E-state index contributed by atoms with van der Waals surface area (Å²) in [6.07, 6.45) is -2.25. The lowest BCUT2D eigenvalue weighted by Gasteiger charge is -2.27. The molecule has 0 aliphatic carbocycles. The zero-order valence-electron chi connectivity index (χ0n) is 12.8. The normalized spacial score (nSPS) is 28.6. The summed E-state index contributed by atoms with van der Waals surface area (Å²) in [5, 5.41) is -1.11. The Bertz CT molecular complexity index is 755. The predicted octanol–water partition coefficient (Wildman–Crippen LogP) is 2.65. The Hall–Kier alpha value is -1.64. The maximum Gasteiger partial charge on any atom is 0.421 e. The van der Waals surface area contributed by atoms with Crippen molar-refractivity contribution in [2.24, 2.45) is 5.92 Å². The van der Waals surface area contributed by atoms with Gasteiger partial charge in [-0.25, -0.2) is 13.4 Å². The molecule has 0 amide bonds. The third-order valence-electron chi connectivity index (χ3n) is 4.84. The summed E-state index contributed by atoms with van der Waals surface area (Å²) >= 11 is 0. The van der Waals surface area contributed by atoms with Crippen molar-refractivity contribution in [1.82, 2.24) is 4.98 Å². The Morgan fingerprint density at radius 2 is 1.83 bits per heavy atom. The highest BCUT2D eigenvalue weighted by atomic mass is 32.2. The molecule has 2 aliphatic rings. The fraction of sp³-hybridized carbons (Fsp3) is 0.600. The van der Waals surface area contributed by atoms with Gasteiger partial charge in [-0.05, 0) is 31.7 Å². The van der Waals surface area contributed by atoms with Crippen molar-refractivity contribution in [2.45, 2.75) is 42.4 Å². The molecule has 3 rings (SSSR count). The van der Waals surface area contributed by atoms with E-state index in [1.807, 2.05) is 0 Å². The Morgan fingerprint density at radius 1 is 1.25 bits per heavy atom. The number of ether oxygens (including phenoxy) is 1. The van der Waals surface area contributed by atoms with Gasteiger partial charge < -0.3 is 4.74 Å². The van der Waals surface area contributed by atoms with E-state index in [9.17, 15) is 26.4 Å². The van der Waals surface area contributed by atoms with Gasteiger partial charge in [-0.2, -0.15) is 13.2 Å². The molecule has 0 aromatic carbocycles. The summed E-state index contributed by atoms with van der Waals surface area (Å²) in [6.45, 7) is 0.